The fourth-order valence-electron chi connectivity index (χ4n) is 3.06. The molecule has 2 unspecified atom stereocenters. The molecule has 0 spiro atoms. The Morgan fingerprint density at radius 1 is 1.47 bits per heavy atom. The first-order valence-corrected chi connectivity index (χ1v) is 8.10. The van der Waals surface area contributed by atoms with Gasteiger partial charge in [0.1, 0.15) is 11.3 Å². The third-order valence-corrected chi connectivity index (χ3v) is 4.54. The first kappa shape index (κ1) is 13.4. The second-order valence-corrected chi connectivity index (χ2v) is 6.70. The van der Waals surface area contributed by atoms with Crippen molar-refractivity contribution in [1.82, 2.24) is 14.5 Å². The summed E-state index contributed by atoms with van der Waals surface area (Å²) in [5.41, 5.74) is 1.97. The highest BCUT2D eigenvalue weighted by Gasteiger charge is 2.26. The molecule has 1 saturated carbocycles. The molecular weight excluding hydrogens is 326 g/mol. The molecule has 0 saturated heterocycles. The lowest BCUT2D eigenvalue weighted by Crippen LogP contribution is -2.11. The molecule has 2 atom stereocenters. The Balaban J connectivity index is 2.11. The van der Waals surface area contributed by atoms with E-state index in [4.69, 9.17) is 16.6 Å². The summed E-state index contributed by atoms with van der Waals surface area (Å²) < 4.78 is 3.30. The molecule has 2 heterocycles. The Labute approximate surface area is 126 Å². The van der Waals surface area contributed by atoms with Crippen LogP contribution in [0.25, 0.3) is 11.2 Å². The second kappa shape index (κ2) is 5.41. The lowest BCUT2D eigenvalue weighted by Gasteiger charge is -2.15. The summed E-state index contributed by atoms with van der Waals surface area (Å²) in [4.78, 5) is 9.28. The molecule has 1 aliphatic rings. The Kier molecular flexibility index (Phi) is 3.81. The molecule has 102 valence electrons. The number of halogens is 2. The monoisotopic (exact) mass is 341 g/mol. The van der Waals surface area contributed by atoms with Gasteiger partial charge in [-0.25, -0.2) is 9.97 Å². The lowest BCUT2D eigenvalue weighted by molar-refractivity contribution is 0.487. The number of imidazole rings is 1. The molecule has 0 amide bonds. The Morgan fingerprint density at radius 2 is 2.32 bits per heavy atom. The molecule has 2 aromatic heterocycles. The van der Waals surface area contributed by atoms with Crippen molar-refractivity contribution in [1.29, 1.82) is 0 Å². The molecule has 0 aromatic carbocycles. The van der Waals surface area contributed by atoms with E-state index in [1.54, 1.807) is 0 Å². The zero-order valence-corrected chi connectivity index (χ0v) is 13.3. The van der Waals surface area contributed by atoms with Gasteiger partial charge in [-0.15, -0.1) is 11.6 Å². The summed E-state index contributed by atoms with van der Waals surface area (Å²) in [7, 11) is 0. The topological polar surface area (TPSA) is 30.7 Å². The highest BCUT2D eigenvalue weighted by Crippen LogP contribution is 2.37. The van der Waals surface area contributed by atoms with Gasteiger partial charge in [0.2, 0.25) is 0 Å². The smallest absolute Gasteiger partial charge is 0.160 e. The molecule has 5 heteroatoms. The summed E-state index contributed by atoms with van der Waals surface area (Å²) in [6, 6.07) is 2.57. The summed E-state index contributed by atoms with van der Waals surface area (Å²) >= 11 is 9.38. The highest BCUT2D eigenvalue weighted by molar-refractivity contribution is 9.10. The van der Waals surface area contributed by atoms with E-state index in [1.165, 1.54) is 19.3 Å². The van der Waals surface area contributed by atoms with E-state index in [0.717, 1.165) is 33.8 Å². The number of hydrogen-bond acceptors (Lipinski definition) is 2. The predicted octanol–water partition coefficient (Wildman–Crippen LogP) is 4.34. The number of aryl methyl sites for hydroxylation is 1. The maximum atomic E-state index is 5.92. The molecule has 3 nitrogen and oxygen atoms in total. The first-order valence-electron chi connectivity index (χ1n) is 6.77. The molecule has 0 radical (unpaired) electrons. The van der Waals surface area contributed by atoms with Crippen molar-refractivity contribution < 1.29 is 0 Å². The van der Waals surface area contributed by atoms with E-state index in [-0.39, 0.29) is 0 Å². The Hall–Kier alpha value is -0.610. The van der Waals surface area contributed by atoms with Crippen LogP contribution >= 0.6 is 27.5 Å². The second-order valence-electron chi connectivity index (χ2n) is 5.41. The van der Waals surface area contributed by atoms with Gasteiger partial charge in [-0.05, 0) is 47.2 Å². The number of fused-ring (bicyclic) bond motifs is 1. The zero-order valence-electron chi connectivity index (χ0n) is 10.9. The van der Waals surface area contributed by atoms with E-state index < -0.39 is 0 Å². The average molecular weight is 343 g/mol. The van der Waals surface area contributed by atoms with Crippen LogP contribution in [0, 0.1) is 5.92 Å². The molecule has 2 aromatic rings. The minimum atomic E-state index is 0.534. The molecule has 0 N–H and O–H groups in total. The van der Waals surface area contributed by atoms with Gasteiger partial charge in [-0.3, -0.25) is 0 Å². The highest BCUT2D eigenvalue weighted by atomic mass is 79.9. The van der Waals surface area contributed by atoms with Crippen LogP contribution in [0.4, 0.5) is 0 Å². The molecule has 1 fully saturated rings. The van der Waals surface area contributed by atoms with Gasteiger partial charge in [0.05, 0.1) is 0 Å². The van der Waals surface area contributed by atoms with Crippen LogP contribution in [0.5, 0.6) is 0 Å². The van der Waals surface area contributed by atoms with Crippen LogP contribution in [0.2, 0.25) is 0 Å². The van der Waals surface area contributed by atoms with Crippen molar-refractivity contribution in [2.24, 2.45) is 5.92 Å². The van der Waals surface area contributed by atoms with Crippen LogP contribution < -0.4 is 0 Å². The molecule has 0 aliphatic heterocycles. The van der Waals surface area contributed by atoms with Gasteiger partial charge in [0.15, 0.2) is 5.65 Å². The van der Waals surface area contributed by atoms with Crippen molar-refractivity contribution in [3.8, 4) is 0 Å². The normalized spacial score (nSPS) is 23.3. The summed E-state index contributed by atoms with van der Waals surface area (Å²) in [6.07, 6.45) is 6.39. The molecular formula is C14H17BrClN3. The number of alkyl halides is 1. The fourth-order valence-corrected chi connectivity index (χ4v) is 3.55. The maximum Gasteiger partial charge on any atom is 0.160 e. The van der Waals surface area contributed by atoms with Crippen molar-refractivity contribution in [2.75, 3.05) is 5.88 Å². The largest absolute Gasteiger partial charge is 0.310 e. The minimum Gasteiger partial charge on any atom is -0.310 e. The molecule has 0 bridgehead atoms. The molecule has 19 heavy (non-hydrogen) atoms. The summed E-state index contributed by atoms with van der Waals surface area (Å²) in [5, 5.41) is 0. The van der Waals surface area contributed by atoms with Gasteiger partial charge >= 0.3 is 0 Å². The standard InChI is InChI=1S/C14H17BrClN3/c1-9-2-3-11(6-9)19-13(4-5-16)18-12-7-10(15)8-17-14(12)19/h7-9,11H,2-6H2,1H3. The number of aromatic nitrogens is 3. The first-order chi connectivity index (χ1) is 9.19. The van der Waals surface area contributed by atoms with Crippen LogP contribution in [0.15, 0.2) is 16.7 Å². The van der Waals surface area contributed by atoms with E-state index in [9.17, 15) is 0 Å². The predicted molar refractivity (Wildman–Crippen MR) is 81.7 cm³/mol. The van der Waals surface area contributed by atoms with Gasteiger partial charge in [0, 0.05) is 29.0 Å². The van der Waals surface area contributed by atoms with Crippen LogP contribution in [0.3, 0.4) is 0 Å². The van der Waals surface area contributed by atoms with Crippen LogP contribution in [-0.2, 0) is 6.42 Å². The Morgan fingerprint density at radius 3 is 3.00 bits per heavy atom. The SMILES string of the molecule is CC1CCC(n2c(CCCl)nc3cc(Br)cnc32)C1. The van der Waals surface area contributed by atoms with Crippen molar-refractivity contribution in [3.05, 3.63) is 22.6 Å². The fraction of sp³-hybridized carbons (Fsp3) is 0.571. The third kappa shape index (κ3) is 2.52. The third-order valence-electron chi connectivity index (χ3n) is 3.92. The zero-order chi connectivity index (χ0) is 13.4. The number of hydrogen-bond donors (Lipinski definition) is 0. The van der Waals surface area contributed by atoms with Crippen LogP contribution in [0.1, 0.15) is 38.1 Å². The summed E-state index contributed by atoms with van der Waals surface area (Å²) in [6.45, 7) is 2.32. The van der Waals surface area contributed by atoms with Crippen molar-refractivity contribution >= 4 is 38.7 Å². The van der Waals surface area contributed by atoms with E-state index in [2.05, 4.69) is 32.4 Å². The van der Waals surface area contributed by atoms with Crippen molar-refractivity contribution in [2.45, 2.75) is 38.6 Å². The Bertz CT molecular complexity index is 596. The minimum absolute atomic E-state index is 0.534. The van der Waals surface area contributed by atoms with E-state index in [1.807, 2.05) is 12.3 Å². The number of rotatable bonds is 3. The number of nitrogens with zero attached hydrogens (tertiary/aromatic N) is 3. The average Bonchev–Trinajstić information content (AvgIpc) is 2.92. The van der Waals surface area contributed by atoms with Crippen molar-refractivity contribution in [3.63, 3.8) is 0 Å². The van der Waals surface area contributed by atoms with E-state index >= 15 is 0 Å². The lowest BCUT2D eigenvalue weighted by atomic mass is 10.1. The van der Waals surface area contributed by atoms with Crippen LogP contribution in [-0.4, -0.2) is 20.4 Å². The summed E-state index contributed by atoms with van der Waals surface area (Å²) in [5.74, 6) is 2.48. The molecule has 1 aliphatic carbocycles. The van der Waals surface area contributed by atoms with Gasteiger partial charge < -0.3 is 4.57 Å². The van der Waals surface area contributed by atoms with Gasteiger partial charge in [0.25, 0.3) is 0 Å². The molecule has 3 rings (SSSR count). The van der Waals surface area contributed by atoms with Gasteiger partial charge in [-0.2, -0.15) is 0 Å². The maximum absolute atomic E-state index is 5.92. The van der Waals surface area contributed by atoms with E-state index in [0.29, 0.717) is 11.9 Å². The van der Waals surface area contributed by atoms with Gasteiger partial charge in [-0.1, -0.05) is 6.92 Å². The quantitative estimate of drug-likeness (QED) is 0.777. The number of pyridine rings is 1.